The van der Waals surface area contributed by atoms with Gasteiger partial charge in [-0.05, 0) is 91.8 Å². The Morgan fingerprint density at radius 3 is 2.34 bits per heavy atom. The summed E-state index contributed by atoms with van der Waals surface area (Å²) in [7, 11) is 0. The fourth-order valence-electron chi connectivity index (χ4n) is 8.81. The minimum absolute atomic E-state index is 0.00132. The maximum absolute atomic E-state index is 16.2. The van der Waals surface area contributed by atoms with Crippen LogP contribution in [-0.4, -0.2) is 77.6 Å². The number of aliphatic carboxylic acids is 1. The van der Waals surface area contributed by atoms with Crippen molar-refractivity contribution in [3.05, 3.63) is 110 Å². The molecular weight excluding hydrogens is 770 g/mol. The maximum atomic E-state index is 16.2. The Bertz CT molecular complexity index is 2350. The zero-order chi connectivity index (χ0) is 41.2. The highest BCUT2D eigenvalue weighted by Crippen LogP contribution is 2.45. The lowest BCUT2D eigenvalue weighted by atomic mass is 9.91. The molecule has 1 aromatic heterocycles. The van der Waals surface area contributed by atoms with Crippen molar-refractivity contribution in [2.24, 2.45) is 0 Å². The number of rotatable bonds is 7. The van der Waals surface area contributed by atoms with Gasteiger partial charge in [0.25, 0.3) is 5.56 Å². The molecule has 2 unspecified atom stereocenters. The molecule has 2 N–H and O–H groups in total. The molecule has 3 aromatic carbocycles. The predicted molar refractivity (Wildman–Crippen MR) is 200 cm³/mol. The topological polar surface area (TPSA) is 113 Å². The molecule has 0 aliphatic carbocycles. The quantitative estimate of drug-likeness (QED) is 0.192. The van der Waals surface area contributed by atoms with Crippen LogP contribution in [0.15, 0.2) is 59.5 Å². The average Bonchev–Trinajstić information content (AvgIpc) is 3.39. The number of aryl methyl sites for hydroxylation is 2. The molecule has 1 amide bonds. The van der Waals surface area contributed by atoms with E-state index in [2.05, 4.69) is 10.2 Å². The third-order valence-corrected chi connectivity index (χ3v) is 11.6. The Labute approximate surface area is 329 Å². The van der Waals surface area contributed by atoms with Crippen LogP contribution in [0, 0.1) is 25.5 Å². The molecule has 5 heterocycles. The fraction of sp³-hybridized carbons (Fsp3) is 0.405. The SMILES string of the molecule is Cc1cc2cc(c1F)[C@H](CC(=O)O)NC(=O)[C@H](n1cc(CCN3CC(F)C3)c(C(F)(F)F)cc1=O)c1cc(ccc1F)Oc1cc(N3C4CCC3COC4)cc(C)c1-2. The number of carboxylic acid groups (broad SMARTS) is 1. The van der Waals surface area contributed by atoms with Gasteiger partial charge in [-0.25, -0.2) is 13.2 Å². The molecule has 4 aromatic rings. The van der Waals surface area contributed by atoms with Gasteiger partial charge in [0.1, 0.15) is 35.3 Å². The number of benzene rings is 3. The van der Waals surface area contributed by atoms with E-state index in [0.29, 0.717) is 40.5 Å². The van der Waals surface area contributed by atoms with Crippen LogP contribution < -0.4 is 20.5 Å². The smallest absolute Gasteiger partial charge is 0.416 e. The van der Waals surface area contributed by atoms with E-state index < -0.39 is 76.6 Å². The van der Waals surface area contributed by atoms with E-state index in [-0.39, 0.29) is 60.8 Å². The van der Waals surface area contributed by atoms with Gasteiger partial charge in [0.15, 0.2) is 0 Å². The number of pyridine rings is 1. The number of fused-ring (bicyclic) bond motifs is 8. The van der Waals surface area contributed by atoms with Gasteiger partial charge in [-0.1, -0.05) is 0 Å². The first-order valence-corrected chi connectivity index (χ1v) is 19.0. The van der Waals surface area contributed by atoms with Crippen molar-refractivity contribution < 1.29 is 50.5 Å². The van der Waals surface area contributed by atoms with Crippen LogP contribution >= 0.6 is 0 Å². The molecule has 4 aliphatic heterocycles. The third-order valence-electron chi connectivity index (χ3n) is 11.6. The Kier molecular flexibility index (Phi) is 10.3. The fourth-order valence-corrected chi connectivity index (χ4v) is 8.81. The number of ether oxygens (including phenoxy) is 2. The molecule has 4 atom stereocenters. The number of amides is 1. The van der Waals surface area contributed by atoms with E-state index in [0.717, 1.165) is 30.8 Å². The van der Waals surface area contributed by atoms with Gasteiger partial charge in [-0.2, -0.15) is 13.2 Å². The lowest BCUT2D eigenvalue weighted by molar-refractivity contribution is -0.139. The number of likely N-dealkylation sites (tertiary alicyclic amines) is 1. The second-order valence-electron chi connectivity index (χ2n) is 15.6. The van der Waals surface area contributed by atoms with Gasteiger partial charge in [0.2, 0.25) is 5.91 Å². The number of alkyl halides is 4. The molecule has 0 radical (unpaired) electrons. The zero-order valence-corrected chi connectivity index (χ0v) is 31.5. The number of carbonyl (C=O) groups is 2. The summed E-state index contributed by atoms with van der Waals surface area (Å²) in [6.07, 6.45) is -4.61. The van der Waals surface area contributed by atoms with Crippen LogP contribution in [0.1, 0.15) is 64.7 Å². The Morgan fingerprint density at radius 1 is 0.948 bits per heavy atom. The number of hydrogen-bond acceptors (Lipinski definition) is 7. The lowest BCUT2D eigenvalue weighted by Gasteiger charge is -2.37. The summed E-state index contributed by atoms with van der Waals surface area (Å²) < 4.78 is 102. The molecule has 10 nitrogen and oxygen atoms in total. The summed E-state index contributed by atoms with van der Waals surface area (Å²) in [5, 5.41) is 12.5. The average molecular weight is 811 g/mol. The minimum atomic E-state index is -4.99. The zero-order valence-electron chi connectivity index (χ0n) is 31.5. The Balaban J connectivity index is 1.33. The van der Waals surface area contributed by atoms with Crippen LogP contribution in [0.4, 0.5) is 32.0 Å². The highest BCUT2D eigenvalue weighted by Gasteiger charge is 2.40. The maximum Gasteiger partial charge on any atom is 0.416 e. The lowest BCUT2D eigenvalue weighted by Crippen LogP contribution is -2.49. The van der Waals surface area contributed by atoms with Gasteiger partial charge in [-0.15, -0.1) is 0 Å². The summed E-state index contributed by atoms with van der Waals surface area (Å²) in [6.45, 7) is 4.43. The van der Waals surface area contributed by atoms with Crippen LogP contribution in [0.2, 0.25) is 0 Å². The highest BCUT2D eigenvalue weighted by molar-refractivity contribution is 5.86. The van der Waals surface area contributed by atoms with Crippen molar-refractivity contribution in [3.8, 4) is 22.6 Å². The number of nitrogens with zero attached hydrogens (tertiary/aromatic N) is 3. The van der Waals surface area contributed by atoms with Crippen molar-refractivity contribution in [1.29, 1.82) is 0 Å². The molecule has 6 bridgehead atoms. The minimum Gasteiger partial charge on any atom is -0.481 e. The molecular formula is C42H40F6N4O6. The van der Waals surface area contributed by atoms with Crippen molar-refractivity contribution in [2.45, 2.75) is 76.0 Å². The summed E-state index contributed by atoms with van der Waals surface area (Å²) in [6, 6.07) is 7.15. The standard InChI is InChI=1S/C42H40F6N4O6/c1-21-10-28(52-26-3-4-27(52)20-57-19-26)12-35-38(21)24-9-22(2)39(45)31(11-24)34(15-37(54)55)49-41(56)40(30-13-29(58-35)5-6-33(30)44)51-16-23(7-8-50-17-25(43)18-50)32(14-36(51)53)42(46,47)48/h5-6,9-14,16,25-27,34,40H,3-4,7-8,15,17-20H2,1-2H3,(H,49,56)(H,54,55)/t26?,27?,34-,40+/m0/s1. The second kappa shape index (κ2) is 15.1. The van der Waals surface area contributed by atoms with Crippen LogP contribution in [-0.2, 0) is 26.9 Å². The number of halogens is 6. The van der Waals surface area contributed by atoms with E-state index in [1.54, 1.807) is 11.0 Å². The molecule has 306 valence electrons. The first-order chi connectivity index (χ1) is 27.5. The molecule has 0 saturated carbocycles. The largest absolute Gasteiger partial charge is 0.481 e. The first-order valence-electron chi connectivity index (χ1n) is 19.0. The van der Waals surface area contributed by atoms with E-state index in [1.165, 1.54) is 25.1 Å². The van der Waals surface area contributed by atoms with Gasteiger partial charge in [0, 0.05) is 60.3 Å². The summed E-state index contributed by atoms with van der Waals surface area (Å²) in [4.78, 5) is 44.4. The van der Waals surface area contributed by atoms with Gasteiger partial charge in [0.05, 0.1) is 43.3 Å². The molecule has 58 heavy (non-hydrogen) atoms. The molecule has 8 rings (SSSR count). The first kappa shape index (κ1) is 39.5. The number of carbonyl (C=O) groups excluding carboxylic acids is 1. The number of nitrogens with one attached hydrogen (secondary N) is 1. The number of carboxylic acids is 1. The van der Waals surface area contributed by atoms with Crippen molar-refractivity contribution >= 4 is 17.6 Å². The van der Waals surface area contributed by atoms with Crippen LogP contribution in [0.25, 0.3) is 11.1 Å². The van der Waals surface area contributed by atoms with E-state index >= 15 is 8.78 Å². The molecule has 16 heteroatoms. The summed E-state index contributed by atoms with van der Waals surface area (Å²) in [5.74, 6) is -4.20. The number of anilines is 1. The van der Waals surface area contributed by atoms with Gasteiger partial charge >= 0.3 is 12.1 Å². The second-order valence-corrected chi connectivity index (χ2v) is 15.6. The molecule has 3 fully saturated rings. The van der Waals surface area contributed by atoms with Crippen molar-refractivity contribution in [2.75, 3.05) is 37.7 Å². The molecule has 0 spiro atoms. The van der Waals surface area contributed by atoms with Crippen molar-refractivity contribution in [1.82, 2.24) is 14.8 Å². The monoisotopic (exact) mass is 810 g/mol. The number of morpholine rings is 1. The third kappa shape index (κ3) is 7.43. The van der Waals surface area contributed by atoms with Crippen LogP contribution in [0.3, 0.4) is 0 Å². The summed E-state index contributed by atoms with van der Waals surface area (Å²) in [5.41, 5.74) is -1.11. The van der Waals surface area contributed by atoms with E-state index in [9.17, 15) is 37.1 Å². The van der Waals surface area contributed by atoms with E-state index in [1.807, 2.05) is 19.1 Å². The molecule has 4 aliphatic rings. The normalized spacial score (nSPS) is 22.2. The number of aromatic nitrogens is 1. The Hall–Kier alpha value is -5.35. The molecule has 3 saturated heterocycles. The van der Waals surface area contributed by atoms with E-state index in [4.69, 9.17) is 9.47 Å². The summed E-state index contributed by atoms with van der Waals surface area (Å²) >= 11 is 0. The van der Waals surface area contributed by atoms with Gasteiger partial charge in [-0.3, -0.25) is 23.9 Å². The van der Waals surface area contributed by atoms with Gasteiger partial charge < -0.3 is 24.8 Å². The Morgan fingerprint density at radius 2 is 1.67 bits per heavy atom. The predicted octanol–water partition coefficient (Wildman–Crippen LogP) is 7.02. The van der Waals surface area contributed by atoms with Crippen LogP contribution in [0.5, 0.6) is 11.5 Å². The number of hydrogen-bond donors (Lipinski definition) is 2. The van der Waals surface area contributed by atoms with Crippen molar-refractivity contribution in [3.63, 3.8) is 0 Å². The highest BCUT2D eigenvalue weighted by atomic mass is 19.4.